The SMILES string of the molecule is CCc1ccc(Oc2cc([N+](=O)[O-])cc(NC)n2)cc1. The molecule has 6 heteroatoms. The Hall–Kier alpha value is -2.63. The quantitative estimate of drug-likeness (QED) is 0.667. The topological polar surface area (TPSA) is 77.3 Å². The van der Waals surface area contributed by atoms with Gasteiger partial charge in [-0.1, -0.05) is 19.1 Å². The van der Waals surface area contributed by atoms with E-state index in [2.05, 4.69) is 17.2 Å². The lowest BCUT2D eigenvalue weighted by atomic mass is 10.2. The number of hydrogen-bond donors (Lipinski definition) is 1. The van der Waals surface area contributed by atoms with Crippen molar-refractivity contribution in [3.8, 4) is 11.6 Å². The van der Waals surface area contributed by atoms with Crippen molar-refractivity contribution in [3.63, 3.8) is 0 Å². The van der Waals surface area contributed by atoms with Crippen LogP contribution >= 0.6 is 0 Å². The second-order valence-corrected chi connectivity index (χ2v) is 4.16. The van der Waals surface area contributed by atoms with Crippen LogP contribution in [0.5, 0.6) is 11.6 Å². The summed E-state index contributed by atoms with van der Waals surface area (Å²) in [5, 5.41) is 13.6. The second-order valence-electron chi connectivity index (χ2n) is 4.16. The predicted octanol–water partition coefficient (Wildman–Crippen LogP) is 3.39. The summed E-state index contributed by atoms with van der Waals surface area (Å²) in [4.78, 5) is 14.5. The molecule has 0 radical (unpaired) electrons. The van der Waals surface area contributed by atoms with Gasteiger partial charge >= 0.3 is 0 Å². The summed E-state index contributed by atoms with van der Waals surface area (Å²) in [6, 6.07) is 10.2. The van der Waals surface area contributed by atoms with Gasteiger partial charge in [0, 0.05) is 7.05 Å². The van der Waals surface area contributed by atoms with Crippen molar-refractivity contribution < 1.29 is 9.66 Å². The van der Waals surface area contributed by atoms with Crippen molar-refractivity contribution in [2.45, 2.75) is 13.3 Å². The number of aryl methyl sites for hydroxylation is 1. The third-order valence-corrected chi connectivity index (χ3v) is 2.81. The molecule has 2 aromatic rings. The Morgan fingerprint density at radius 3 is 2.55 bits per heavy atom. The molecule has 6 nitrogen and oxygen atoms in total. The Balaban J connectivity index is 2.27. The number of rotatable bonds is 5. The van der Waals surface area contributed by atoms with E-state index in [0.717, 1.165) is 6.42 Å². The van der Waals surface area contributed by atoms with E-state index in [1.807, 2.05) is 24.3 Å². The van der Waals surface area contributed by atoms with Gasteiger partial charge in [0.1, 0.15) is 11.6 Å². The molecule has 0 aliphatic rings. The number of benzene rings is 1. The van der Waals surface area contributed by atoms with Gasteiger partial charge in [0.25, 0.3) is 5.69 Å². The lowest BCUT2D eigenvalue weighted by molar-refractivity contribution is -0.384. The number of pyridine rings is 1. The standard InChI is InChI=1S/C14H15N3O3/c1-3-10-4-6-12(7-5-10)20-14-9-11(17(18)19)8-13(15-2)16-14/h4-9H,3H2,1-2H3,(H,15,16). The van der Waals surface area contributed by atoms with E-state index in [0.29, 0.717) is 11.6 Å². The van der Waals surface area contributed by atoms with Crippen LogP contribution in [-0.4, -0.2) is 17.0 Å². The lowest BCUT2D eigenvalue weighted by Gasteiger charge is -2.07. The maximum Gasteiger partial charge on any atom is 0.278 e. The van der Waals surface area contributed by atoms with Gasteiger partial charge in [0.15, 0.2) is 0 Å². The maximum absolute atomic E-state index is 10.9. The van der Waals surface area contributed by atoms with Crippen molar-refractivity contribution in [2.24, 2.45) is 0 Å². The summed E-state index contributed by atoms with van der Waals surface area (Å²) in [6.07, 6.45) is 0.944. The fourth-order valence-corrected chi connectivity index (χ4v) is 1.69. The van der Waals surface area contributed by atoms with Crippen LogP contribution in [0.3, 0.4) is 0 Å². The van der Waals surface area contributed by atoms with Gasteiger partial charge in [-0.2, -0.15) is 4.98 Å². The first-order chi connectivity index (χ1) is 9.62. The first kappa shape index (κ1) is 13.8. The van der Waals surface area contributed by atoms with Crippen LogP contribution in [0.4, 0.5) is 11.5 Å². The van der Waals surface area contributed by atoms with E-state index in [9.17, 15) is 10.1 Å². The van der Waals surface area contributed by atoms with Gasteiger partial charge < -0.3 is 10.1 Å². The van der Waals surface area contributed by atoms with Crippen LogP contribution in [-0.2, 0) is 6.42 Å². The molecule has 0 fully saturated rings. The third kappa shape index (κ3) is 3.23. The van der Waals surface area contributed by atoms with Gasteiger partial charge in [-0.05, 0) is 24.1 Å². The third-order valence-electron chi connectivity index (χ3n) is 2.81. The minimum absolute atomic E-state index is 0.0653. The summed E-state index contributed by atoms with van der Waals surface area (Å²) >= 11 is 0. The number of nitrogens with one attached hydrogen (secondary N) is 1. The first-order valence-electron chi connectivity index (χ1n) is 6.23. The molecule has 0 spiro atoms. The average Bonchev–Trinajstić information content (AvgIpc) is 2.47. The van der Waals surface area contributed by atoms with Gasteiger partial charge in [-0.25, -0.2) is 0 Å². The fourth-order valence-electron chi connectivity index (χ4n) is 1.69. The summed E-state index contributed by atoms with van der Waals surface area (Å²) in [6.45, 7) is 2.07. The maximum atomic E-state index is 10.9. The molecule has 0 atom stereocenters. The summed E-state index contributed by atoms with van der Waals surface area (Å²) < 4.78 is 5.56. The highest BCUT2D eigenvalue weighted by Gasteiger charge is 2.12. The van der Waals surface area contributed by atoms with Gasteiger partial charge in [-0.3, -0.25) is 10.1 Å². The van der Waals surface area contributed by atoms with Gasteiger partial charge in [0.05, 0.1) is 17.1 Å². The second kappa shape index (κ2) is 6.01. The zero-order chi connectivity index (χ0) is 14.5. The average molecular weight is 273 g/mol. The highest BCUT2D eigenvalue weighted by Crippen LogP contribution is 2.26. The Morgan fingerprint density at radius 2 is 2.00 bits per heavy atom. The van der Waals surface area contributed by atoms with E-state index in [1.165, 1.54) is 17.7 Å². The zero-order valence-electron chi connectivity index (χ0n) is 11.3. The lowest BCUT2D eigenvalue weighted by Crippen LogP contribution is -1.98. The molecular formula is C14H15N3O3. The molecule has 104 valence electrons. The van der Waals surface area contributed by atoms with E-state index in [-0.39, 0.29) is 11.6 Å². The number of ether oxygens (including phenoxy) is 1. The predicted molar refractivity (Wildman–Crippen MR) is 76.3 cm³/mol. The van der Waals surface area contributed by atoms with Gasteiger partial charge in [-0.15, -0.1) is 0 Å². The van der Waals surface area contributed by atoms with Crippen LogP contribution in [0.2, 0.25) is 0 Å². The molecule has 0 aliphatic carbocycles. The van der Waals surface area contributed by atoms with Crippen LogP contribution in [0, 0.1) is 10.1 Å². The van der Waals surface area contributed by atoms with Crippen molar-refractivity contribution in [1.29, 1.82) is 0 Å². The monoisotopic (exact) mass is 273 g/mol. The van der Waals surface area contributed by atoms with Gasteiger partial charge in [0.2, 0.25) is 5.88 Å². The molecule has 0 saturated carbocycles. The molecule has 0 saturated heterocycles. The molecule has 2 rings (SSSR count). The van der Waals surface area contributed by atoms with E-state index < -0.39 is 4.92 Å². The highest BCUT2D eigenvalue weighted by atomic mass is 16.6. The van der Waals surface area contributed by atoms with Crippen molar-refractivity contribution >= 4 is 11.5 Å². The molecular weight excluding hydrogens is 258 g/mol. The van der Waals surface area contributed by atoms with Crippen molar-refractivity contribution in [1.82, 2.24) is 4.98 Å². The Morgan fingerprint density at radius 1 is 1.30 bits per heavy atom. The zero-order valence-corrected chi connectivity index (χ0v) is 11.3. The van der Waals surface area contributed by atoms with E-state index in [4.69, 9.17) is 4.74 Å². The molecule has 0 bridgehead atoms. The van der Waals surface area contributed by atoms with Crippen molar-refractivity contribution in [2.75, 3.05) is 12.4 Å². The van der Waals surface area contributed by atoms with E-state index in [1.54, 1.807) is 7.05 Å². The molecule has 1 N–H and O–H groups in total. The summed E-state index contributed by atoms with van der Waals surface area (Å²) in [5.41, 5.74) is 1.13. The van der Waals surface area contributed by atoms with Crippen LogP contribution in [0.1, 0.15) is 12.5 Å². The number of hydrogen-bond acceptors (Lipinski definition) is 5. The molecule has 1 heterocycles. The molecule has 20 heavy (non-hydrogen) atoms. The summed E-state index contributed by atoms with van der Waals surface area (Å²) in [7, 11) is 1.64. The Labute approximate surface area is 116 Å². The molecule has 0 unspecified atom stereocenters. The minimum Gasteiger partial charge on any atom is -0.439 e. The minimum atomic E-state index is -0.477. The Kier molecular flexibility index (Phi) is 4.14. The molecule has 1 aromatic carbocycles. The molecule has 0 amide bonds. The number of anilines is 1. The number of nitro groups is 1. The van der Waals surface area contributed by atoms with Crippen molar-refractivity contribution in [3.05, 3.63) is 52.1 Å². The highest BCUT2D eigenvalue weighted by molar-refractivity contribution is 5.48. The van der Waals surface area contributed by atoms with Crippen LogP contribution in [0.15, 0.2) is 36.4 Å². The molecule has 1 aromatic heterocycles. The number of aromatic nitrogens is 1. The molecule has 0 aliphatic heterocycles. The number of nitrogens with zero attached hydrogens (tertiary/aromatic N) is 2. The fraction of sp³-hybridized carbons (Fsp3) is 0.214. The van der Waals surface area contributed by atoms with E-state index >= 15 is 0 Å². The largest absolute Gasteiger partial charge is 0.439 e. The van der Waals surface area contributed by atoms with Crippen LogP contribution in [0.25, 0.3) is 0 Å². The summed E-state index contributed by atoms with van der Waals surface area (Å²) in [5.74, 6) is 1.17. The normalized spacial score (nSPS) is 10.1. The smallest absolute Gasteiger partial charge is 0.278 e. The Bertz CT molecular complexity index is 612. The van der Waals surface area contributed by atoms with Crippen LogP contribution < -0.4 is 10.1 Å². The first-order valence-corrected chi connectivity index (χ1v) is 6.23.